The molecule has 132 valence electrons. The predicted molar refractivity (Wildman–Crippen MR) is 53.7 cm³/mol. The first-order valence-corrected chi connectivity index (χ1v) is 5.55. The molecule has 0 aliphatic rings. The van der Waals surface area contributed by atoms with E-state index in [-0.39, 0.29) is 0 Å². The van der Waals surface area contributed by atoms with Gasteiger partial charge in [-0.25, -0.2) is 0 Å². The Labute approximate surface area is 117 Å². The lowest BCUT2D eigenvalue weighted by atomic mass is 9.95. The first kappa shape index (κ1) is 20.9. The van der Waals surface area contributed by atoms with Gasteiger partial charge in [0.1, 0.15) is 5.71 Å². The summed E-state index contributed by atoms with van der Waals surface area (Å²) in [7, 11) is 0. The number of aliphatic imine (C=N–C) groups is 1. The number of alkyl halides is 11. The standard InChI is InChI=1S/C10H10F11N/c1-4(2)3-22-6(7(11,12)10(19,20)21)5(8(13,14)15)9(16,17)18/h4-5H,3H2,1-2H3. The molecule has 22 heavy (non-hydrogen) atoms. The number of rotatable bonds is 4. The molecular formula is C10H10F11N. The number of hydrogen-bond acceptors (Lipinski definition) is 1. The van der Waals surface area contributed by atoms with E-state index in [1.807, 2.05) is 0 Å². The summed E-state index contributed by atoms with van der Waals surface area (Å²) in [6.07, 6.45) is -19.4. The summed E-state index contributed by atoms with van der Waals surface area (Å²) in [5.41, 5.74) is -3.30. The van der Waals surface area contributed by atoms with Crippen LogP contribution in [-0.4, -0.2) is 36.7 Å². The Morgan fingerprint density at radius 3 is 1.36 bits per heavy atom. The van der Waals surface area contributed by atoms with Crippen LogP contribution < -0.4 is 0 Å². The third-order valence-electron chi connectivity index (χ3n) is 2.23. The molecule has 12 heteroatoms. The van der Waals surface area contributed by atoms with Crippen LogP contribution in [0.25, 0.3) is 0 Å². The van der Waals surface area contributed by atoms with Crippen molar-refractivity contribution in [2.75, 3.05) is 6.54 Å². The zero-order valence-electron chi connectivity index (χ0n) is 11.0. The maximum atomic E-state index is 13.1. The molecule has 0 atom stereocenters. The van der Waals surface area contributed by atoms with Crippen LogP contribution in [0.5, 0.6) is 0 Å². The lowest BCUT2D eigenvalue weighted by Gasteiger charge is -2.30. The van der Waals surface area contributed by atoms with Gasteiger partial charge in [-0.3, -0.25) is 4.99 Å². The van der Waals surface area contributed by atoms with Crippen LogP contribution in [0, 0.1) is 11.8 Å². The summed E-state index contributed by atoms with van der Waals surface area (Å²) in [5.74, 6) is -12.2. The first-order chi connectivity index (χ1) is 9.42. The monoisotopic (exact) mass is 353 g/mol. The van der Waals surface area contributed by atoms with Gasteiger partial charge < -0.3 is 0 Å². The van der Waals surface area contributed by atoms with E-state index in [0.29, 0.717) is 0 Å². The molecule has 0 spiro atoms. The lowest BCUT2D eigenvalue weighted by molar-refractivity contribution is -0.280. The van der Waals surface area contributed by atoms with Crippen molar-refractivity contribution in [1.29, 1.82) is 0 Å². The molecule has 0 aliphatic carbocycles. The van der Waals surface area contributed by atoms with Gasteiger partial charge in [0, 0.05) is 6.54 Å². The molecule has 0 saturated carbocycles. The summed E-state index contributed by atoms with van der Waals surface area (Å²) in [6, 6.07) is 0. The van der Waals surface area contributed by atoms with E-state index in [1.165, 1.54) is 13.8 Å². The van der Waals surface area contributed by atoms with E-state index in [2.05, 4.69) is 4.99 Å². The Hall–Kier alpha value is -1.10. The molecule has 0 aliphatic heterocycles. The Morgan fingerprint density at radius 2 is 1.14 bits per heavy atom. The minimum atomic E-state index is -6.64. The summed E-state index contributed by atoms with van der Waals surface area (Å²) >= 11 is 0. The molecule has 0 aromatic carbocycles. The molecule has 0 fully saturated rings. The van der Waals surface area contributed by atoms with Crippen LogP contribution in [0.3, 0.4) is 0 Å². The normalized spacial score (nSPS) is 15.9. The highest BCUT2D eigenvalue weighted by Gasteiger charge is 2.71. The molecule has 0 radical (unpaired) electrons. The number of halogens is 11. The molecular weight excluding hydrogens is 343 g/mol. The average Bonchev–Trinajstić information content (AvgIpc) is 2.17. The van der Waals surface area contributed by atoms with E-state index in [1.54, 1.807) is 0 Å². The molecule has 1 nitrogen and oxygen atoms in total. The van der Waals surface area contributed by atoms with Gasteiger partial charge in [-0.15, -0.1) is 0 Å². The summed E-state index contributed by atoms with van der Waals surface area (Å²) < 4.78 is 137. The highest BCUT2D eigenvalue weighted by Crippen LogP contribution is 2.47. The van der Waals surface area contributed by atoms with E-state index in [0.717, 1.165) is 0 Å². The van der Waals surface area contributed by atoms with Crippen LogP contribution in [0.2, 0.25) is 0 Å². The van der Waals surface area contributed by atoms with Gasteiger partial charge in [-0.2, -0.15) is 48.3 Å². The zero-order valence-corrected chi connectivity index (χ0v) is 11.0. The van der Waals surface area contributed by atoms with Crippen molar-refractivity contribution in [3.63, 3.8) is 0 Å². The third kappa shape index (κ3) is 4.97. The van der Waals surface area contributed by atoms with Gasteiger partial charge >= 0.3 is 24.5 Å². The second kappa shape index (κ2) is 6.19. The average molecular weight is 353 g/mol. The molecule has 0 aromatic heterocycles. The van der Waals surface area contributed by atoms with E-state index in [4.69, 9.17) is 0 Å². The quantitative estimate of drug-likeness (QED) is 0.497. The molecule has 0 aromatic rings. The lowest BCUT2D eigenvalue weighted by Crippen LogP contribution is -2.55. The van der Waals surface area contributed by atoms with Gasteiger partial charge in [0.2, 0.25) is 0 Å². The smallest absolute Gasteiger partial charge is 0.286 e. The van der Waals surface area contributed by atoms with Crippen molar-refractivity contribution < 1.29 is 48.3 Å². The highest BCUT2D eigenvalue weighted by molar-refractivity contribution is 5.95. The maximum Gasteiger partial charge on any atom is 0.459 e. The van der Waals surface area contributed by atoms with Gasteiger partial charge in [0.25, 0.3) is 0 Å². The Kier molecular flexibility index (Phi) is 5.88. The molecule has 0 unspecified atom stereocenters. The van der Waals surface area contributed by atoms with Crippen molar-refractivity contribution >= 4 is 5.71 Å². The molecule has 0 bridgehead atoms. The Balaban J connectivity index is 6.24. The van der Waals surface area contributed by atoms with Crippen molar-refractivity contribution in [2.24, 2.45) is 16.8 Å². The molecule has 0 heterocycles. The highest BCUT2D eigenvalue weighted by atomic mass is 19.4. The SMILES string of the molecule is CC(C)CN=C(C(C(F)(F)F)C(F)(F)F)C(F)(F)C(F)(F)F. The van der Waals surface area contributed by atoms with Gasteiger partial charge in [0.05, 0.1) is 0 Å². The van der Waals surface area contributed by atoms with Crippen molar-refractivity contribution in [1.82, 2.24) is 0 Å². The van der Waals surface area contributed by atoms with E-state index >= 15 is 0 Å². The molecule has 0 amide bonds. The largest absolute Gasteiger partial charge is 0.459 e. The Bertz CT molecular complexity index is 385. The fraction of sp³-hybridized carbons (Fsp3) is 0.900. The summed E-state index contributed by atoms with van der Waals surface area (Å²) in [6.45, 7) is 1.29. The molecule has 0 saturated heterocycles. The number of hydrogen-bond donors (Lipinski definition) is 0. The van der Waals surface area contributed by atoms with Crippen molar-refractivity contribution in [3.8, 4) is 0 Å². The number of nitrogens with zero attached hydrogens (tertiary/aromatic N) is 1. The third-order valence-corrected chi connectivity index (χ3v) is 2.23. The van der Waals surface area contributed by atoms with Crippen LogP contribution >= 0.6 is 0 Å². The maximum absolute atomic E-state index is 13.1. The van der Waals surface area contributed by atoms with Crippen LogP contribution in [0.4, 0.5) is 48.3 Å². The molecule has 0 N–H and O–H groups in total. The minimum Gasteiger partial charge on any atom is -0.286 e. The molecule has 0 rings (SSSR count). The fourth-order valence-corrected chi connectivity index (χ4v) is 1.29. The van der Waals surface area contributed by atoms with E-state index in [9.17, 15) is 48.3 Å². The van der Waals surface area contributed by atoms with Crippen LogP contribution in [0.15, 0.2) is 4.99 Å². The fourth-order valence-electron chi connectivity index (χ4n) is 1.29. The van der Waals surface area contributed by atoms with E-state index < -0.39 is 48.5 Å². The second-order valence-electron chi connectivity index (χ2n) is 4.71. The Morgan fingerprint density at radius 1 is 0.773 bits per heavy atom. The van der Waals surface area contributed by atoms with Crippen molar-refractivity contribution in [2.45, 2.75) is 38.3 Å². The minimum absolute atomic E-state index is 0.832. The van der Waals surface area contributed by atoms with Gasteiger partial charge in [-0.05, 0) is 5.92 Å². The van der Waals surface area contributed by atoms with Gasteiger partial charge in [0.15, 0.2) is 5.92 Å². The van der Waals surface area contributed by atoms with Crippen LogP contribution in [0.1, 0.15) is 13.8 Å². The van der Waals surface area contributed by atoms with Crippen molar-refractivity contribution in [3.05, 3.63) is 0 Å². The predicted octanol–water partition coefficient (Wildman–Crippen LogP) is 5.02. The topological polar surface area (TPSA) is 12.4 Å². The second-order valence-corrected chi connectivity index (χ2v) is 4.71. The first-order valence-electron chi connectivity index (χ1n) is 5.55. The van der Waals surface area contributed by atoms with Crippen LogP contribution in [-0.2, 0) is 0 Å². The zero-order chi connectivity index (χ0) is 18.1. The summed E-state index contributed by atoms with van der Waals surface area (Å²) in [5, 5.41) is 0. The van der Waals surface area contributed by atoms with Gasteiger partial charge in [-0.1, -0.05) is 13.8 Å². The summed E-state index contributed by atoms with van der Waals surface area (Å²) in [4.78, 5) is 2.30.